The van der Waals surface area contributed by atoms with Crippen molar-refractivity contribution >= 4 is 6.08 Å². The van der Waals surface area contributed by atoms with Crippen LogP contribution in [0.1, 0.15) is 43.2 Å². The largest absolute Gasteiger partial charge is 0.416 e. The summed E-state index contributed by atoms with van der Waals surface area (Å²) in [5.74, 6) is 0.563. The zero-order valence-electron chi connectivity index (χ0n) is 12.3. The summed E-state index contributed by atoms with van der Waals surface area (Å²) in [5.41, 5.74) is 1.56. The number of likely N-dealkylation sites (N-methyl/N-ethyl adjacent to an activating group) is 1. The van der Waals surface area contributed by atoms with Gasteiger partial charge in [-0.25, -0.2) is 0 Å². The normalized spacial score (nSPS) is 18.0. The zero-order chi connectivity index (χ0) is 15.3. The Morgan fingerprint density at radius 2 is 1.76 bits per heavy atom. The van der Waals surface area contributed by atoms with Gasteiger partial charge in [0.05, 0.1) is 5.56 Å². The molecular weight excluding hydrogens is 275 g/mol. The zero-order valence-corrected chi connectivity index (χ0v) is 12.3. The molecule has 0 bridgehead atoms. The second kappa shape index (κ2) is 7.12. The van der Waals surface area contributed by atoms with Crippen molar-refractivity contribution in [3.8, 4) is 0 Å². The lowest BCUT2D eigenvalue weighted by Crippen LogP contribution is -2.19. The molecule has 1 aromatic carbocycles. The Hall–Kier alpha value is -1.29. The molecule has 0 atom stereocenters. The van der Waals surface area contributed by atoms with Crippen molar-refractivity contribution in [3.63, 3.8) is 0 Å². The Morgan fingerprint density at radius 1 is 1.14 bits per heavy atom. The summed E-state index contributed by atoms with van der Waals surface area (Å²) in [6.07, 6.45) is 3.95. The predicted octanol–water partition coefficient (Wildman–Crippen LogP) is 4.89. The standard InChI is InChI=1S/C17H22F3N/c1-21-12-15(14-5-3-2-4-6-14)11-13-7-9-16(10-8-13)17(18,19)20/h7-11,14,21H,2-6,12H2,1H3/b15-11-. The van der Waals surface area contributed by atoms with Gasteiger partial charge in [-0.2, -0.15) is 13.2 Å². The van der Waals surface area contributed by atoms with E-state index in [1.54, 1.807) is 12.1 Å². The molecule has 2 rings (SSSR count). The molecule has 0 amide bonds. The molecule has 1 saturated carbocycles. The average Bonchev–Trinajstić information content (AvgIpc) is 2.47. The summed E-state index contributed by atoms with van der Waals surface area (Å²) >= 11 is 0. The number of hydrogen-bond acceptors (Lipinski definition) is 1. The highest BCUT2D eigenvalue weighted by molar-refractivity contribution is 5.54. The van der Waals surface area contributed by atoms with Gasteiger partial charge in [0.1, 0.15) is 0 Å². The van der Waals surface area contributed by atoms with Crippen LogP contribution in [0.4, 0.5) is 13.2 Å². The summed E-state index contributed by atoms with van der Waals surface area (Å²) < 4.78 is 37.7. The third-order valence-corrected chi connectivity index (χ3v) is 4.10. The van der Waals surface area contributed by atoms with Crippen molar-refractivity contribution in [1.29, 1.82) is 0 Å². The van der Waals surface area contributed by atoms with Crippen molar-refractivity contribution in [2.24, 2.45) is 5.92 Å². The smallest absolute Gasteiger partial charge is 0.316 e. The summed E-state index contributed by atoms with van der Waals surface area (Å²) in [5, 5.41) is 3.17. The van der Waals surface area contributed by atoms with E-state index in [-0.39, 0.29) is 0 Å². The van der Waals surface area contributed by atoms with Crippen LogP contribution < -0.4 is 5.32 Å². The lowest BCUT2D eigenvalue weighted by molar-refractivity contribution is -0.137. The van der Waals surface area contributed by atoms with Crippen molar-refractivity contribution in [2.75, 3.05) is 13.6 Å². The molecule has 0 aliphatic heterocycles. The fourth-order valence-electron chi connectivity index (χ4n) is 2.97. The Labute approximate surface area is 124 Å². The van der Waals surface area contributed by atoms with Crippen LogP contribution in [0.3, 0.4) is 0 Å². The minimum atomic E-state index is -4.26. The van der Waals surface area contributed by atoms with Gasteiger partial charge >= 0.3 is 6.18 Å². The quantitative estimate of drug-likeness (QED) is 0.834. The minimum Gasteiger partial charge on any atom is -0.316 e. The highest BCUT2D eigenvalue weighted by Crippen LogP contribution is 2.32. The van der Waals surface area contributed by atoms with Crippen molar-refractivity contribution in [2.45, 2.75) is 38.3 Å². The first-order chi connectivity index (χ1) is 10.0. The fraction of sp³-hybridized carbons (Fsp3) is 0.529. The molecule has 0 unspecified atom stereocenters. The van der Waals surface area contributed by atoms with E-state index in [1.807, 2.05) is 13.1 Å². The predicted molar refractivity (Wildman–Crippen MR) is 79.9 cm³/mol. The third kappa shape index (κ3) is 4.60. The van der Waals surface area contributed by atoms with Crippen LogP contribution in [-0.4, -0.2) is 13.6 Å². The number of rotatable bonds is 4. The van der Waals surface area contributed by atoms with E-state index in [0.717, 1.165) is 24.2 Å². The second-order valence-electron chi connectivity index (χ2n) is 5.70. The van der Waals surface area contributed by atoms with Crippen molar-refractivity contribution in [3.05, 3.63) is 41.0 Å². The molecule has 0 saturated heterocycles. The van der Waals surface area contributed by atoms with Gasteiger partial charge in [0.2, 0.25) is 0 Å². The van der Waals surface area contributed by atoms with E-state index in [0.29, 0.717) is 5.92 Å². The number of benzene rings is 1. The second-order valence-corrected chi connectivity index (χ2v) is 5.70. The maximum Gasteiger partial charge on any atom is 0.416 e. The first-order valence-corrected chi connectivity index (χ1v) is 7.53. The minimum absolute atomic E-state index is 0.563. The van der Waals surface area contributed by atoms with Gasteiger partial charge in [-0.15, -0.1) is 0 Å². The molecule has 1 aromatic rings. The van der Waals surface area contributed by atoms with Crippen LogP contribution >= 0.6 is 0 Å². The molecule has 0 heterocycles. The van der Waals surface area contributed by atoms with Crippen LogP contribution in [0.5, 0.6) is 0 Å². The molecule has 1 fully saturated rings. The van der Waals surface area contributed by atoms with Crippen LogP contribution in [0, 0.1) is 5.92 Å². The Kier molecular flexibility index (Phi) is 5.45. The summed E-state index contributed by atoms with van der Waals surface area (Å²) in [6.45, 7) is 0.797. The number of hydrogen-bond donors (Lipinski definition) is 1. The molecule has 0 spiro atoms. The van der Waals surface area contributed by atoms with Crippen LogP contribution in [-0.2, 0) is 6.18 Å². The Morgan fingerprint density at radius 3 is 2.29 bits per heavy atom. The van der Waals surface area contributed by atoms with Gasteiger partial charge in [0.15, 0.2) is 0 Å². The van der Waals surface area contributed by atoms with E-state index in [2.05, 4.69) is 5.32 Å². The van der Waals surface area contributed by atoms with Crippen LogP contribution in [0.15, 0.2) is 29.8 Å². The number of halogens is 3. The molecule has 4 heteroatoms. The van der Waals surface area contributed by atoms with E-state index in [1.165, 1.54) is 37.7 Å². The molecule has 116 valence electrons. The third-order valence-electron chi connectivity index (χ3n) is 4.10. The monoisotopic (exact) mass is 297 g/mol. The first kappa shape index (κ1) is 16.1. The molecule has 1 aliphatic rings. The summed E-state index contributed by atoms with van der Waals surface area (Å²) in [4.78, 5) is 0. The summed E-state index contributed by atoms with van der Waals surface area (Å²) in [7, 11) is 1.91. The first-order valence-electron chi connectivity index (χ1n) is 7.53. The van der Waals surface area contributed by atoms with Gasteiger partial charge in [-0.1, -0.05) is 43.0 Å². The number of nitrogens with one attached hydrogen (secondary N) is 1. The van der Waals surface area contributed by atoms with E-state index in [9.17, 15) is 13.2 Å². The molecular formula is C17H22F3N. The molecule has 1 nitrogen and oxygen atoms in total. The fourth-order valence-corrected chi connectivity index (χ4v) is 2.97. The SMILES string of the molecule is CNC/C(=C/c1ccc(C(F)(F)F)cc1)C1CCCCC1. The van der Waals surface area contributed by atoms with Crippen molar-refractivity contribution in [1.82, 2.24) is 5.32 Å². The molecule has 1 aliphatic carbocycles. The van der Waals surface area contributed by atoms with Gasteiger partial charge in [0, 0.05) is 6.54 Å². The lowest BCUT2D eigenvalue weighted by atomic mass is 9.83. The Balaban J connectivity index is 2.17. The van der Waals surface area contributed by atoms with E-state index >= 15 is 0 Å². The highest BCUT2D eigenvalue weighted by atomic mass is 19.4. The molecule has 0 aromatic heterocycles. The number of alkyl halides is 3. The van der Waals surface area contributed by atoms with Gasteiger partial charge < -0.3 is 5.32 Å². The van der Waals surface area contributed by atoms with Crippen LogP contribution in [0.2, 0.25) is 0 Å². The topological polar surface area (TPSA) is 12.0 Å². The molecule has 1 N–H and O–H groups in total. The lowest BCUT2D eigenvalue weighted by Gasteiger charge is -2.24. The van der Waals surface area contributed by atoms with E-state index in [4.69, 9.17) is 0 Å². The maximum absolute atomic E-state index is 12.6. The van der Waals surface area contributed by atoms with Gasteiger partial charge in [-0.3, -0.25) is 0 Å². The average molecular weight is 297 g/mol. The highest BCUT2D eigenvalue weighted by Gasteiger charge is 2.29. The molecule has 21 heavy (non-hydrogen) atoms. The van der Waals surface area contributed by atoms with Gasteiger partial charge in [0.25, 0.3) is 0 Å². The van der Waals surface area contributed by atoms with E-state index < -0.39 is 11.7 Å². The van der Waals surface area contributed by atoms with Gasteiger partial charge in [-0.05, 0) is 43.5 Å². The molecule has 0 radical (unpaired) electrons. The van der Waals surface area contributed by atoms with Crippen molar-refractivity contribution < 1.29 is 13.2 Å². The van der Waals surface area contributed by atoms with Crippen LogP contribution in [0.25, 0.3) is 6.08 Å². The Bertz CT molecular complexity index is 468. The maximum atomic E-state index is 12.6. The summed E-state index contributed by atoms with van der Waals surface area (Å²) in [6, 6.07) is 5.43.